The van der Waals surface area contributed by atoms with E-state index < -0.39 is 23.2 Å². The molecule has 4 atom stereocenters. The molecule has 1 saturated heterocycles. The third-order valence-corrected chi connectivity index (χ3v) is 7.52. The number of ether oxygens (including phenoxy) is 2. The van der Waals surface area contributed by atoms with Crippen molar-refractivity contribution in [1.29, 1.82) is 0 Å². The number of Topliss-reactive ketones (excluding diaryl/α,β-unsaturated/α-hetero) is 1. The van der Waals surface area contributed by atoms with E-state index in [1.165, 1.54) is 5.06 Å². The number of carbonyl (C=O) groups is 2. The van der Waals surface area contributed by atoms with Gasteiger partial charge in [0.05, 0.1) is 12.0 Å². The van der Waals surface area contributed by atoms with Crippen molar-refractivity contribution in [3.63, 3.8) is 0 Å². The van der Waals surface area contributed by atoms with E-state index in [1.54, 1.807) is 6.07 Å². The highest BCUT2D eigenvalue weighted by Crippen LogP contribution is 2.66. The van der Waals surface area contributed by atoms with Crippen molar-refractivity contribution in [3.8, 4) is 11.5 Å². The number of hydrogen-bond donors (Lipinski definition) is 1. The number of benzene rings is 1. The van der Waals surface area contributed by atoms with Gasteiger partial charge in [-0.25, -0.2) is 4.79 Å². The molecule has 1 N–H and O–H groups in total. The molecular weight excluding hydrogens is 374 g/mol. The first-order chi connectivity index (χ1) is 14.0. The Balaban J connectivity index is 1.44. The molecule has 6 rings (SSSR count). The van der Waals surface area contributed by atoms with Crippen LogP contribution >= 0.6 is 0 Å². The number of ketones is 1. The van der Waals surface area contributed by atoms with Crippen LogP contribution in [0.4, 0.5) is 4.79 Å². The van der Waals surface area contributed by atoms with E-state index in [0.29, 0.717) is 38.2 Å². The minimum absolute atomic E-state index is 0.0385. The summed E-state index contributed by atoms with van der Waals surface area (Å²) in [4.78, 5) is 32.0. The van der Waals surface area contributed by atoms with Crippen LogP contribution in [0.25, 0.3) is 0 Å². The first-order valence-electron chi connectivity index (χ1n) is 10.3. The van der Waals surface area contributed by atoms with Crippen LogP contribution in [0.5, 0.6) is 11.5 Å². The van der Waals surface area contributed by atoms with Gasteiger partial charge in [0.25, 0.3) is 0 Å². The molecule has 29 heavy (non-hydrogen) atoms. The van der Waals surface area contributed by atoms with Crippen molar-refractivity contribution < 1.29 is 29.0 Å². The van der Waals surface area contributed by atoms with Crippen molar-refractivity contribution in [2.24, 2.45) is 5.92 Å². The summed E-state index contributed by atoms with van der Waals surface area (Å²) in [6, 6.07) is 3.57. The Labute approximate surface area is 168 Å². The Morgan fingerprint density at radius 1 is 1.38 bits per heavy atom. The summed E-state index contributed by atoms with van der Waals surface area (Å²) >= 11 is 0. The Kier molecular flexibility index (Phi) is 3.31. The zero-order valence-electron chi connectivity index (χ0n) is 16.3. The van der Waals surface area contributed by atoms with Gasteiger partial charge in [-0.3, -0.25) is 9.63 Å². The largest absolute Gasteiger partial charge is 0.504 e. The molecule has 7 heteroatoms. The molecule has 1 aromatic carbocycles. The van der Waals surface area contributed by atoms with Crippen molar-refractivity contribution in [1.82, 2.24) is 5.06 Å². The molecule has 2 aliphatic heterocycles. The van der Waals surface area contributed by atoms with Gasteiger partial charge in [0.2, 0.25) is 0 Å². The summed E-state index contributed by atoms with van der Waals surface area (Å²) in [6.45, 7) is 2.73. The fraction of sp³-hybridized carbons (Fsp3) is 0.545. The number of nitrogens with zero attached hydrogens (tertiary/aromatic N) is 1. The van der Waals surface area contributed by atoms with Gasteiger partial charge in [-0.2, -0.15) is 5.06 Å². The van der Waals surface area contributed by atoms with Crippen molar-refractivity contribution >= 4 is 11.9 Å². The van der Waals surface area contributed by atoms with E-state index in [-0.39, 0.29) is 17.5 Å². The molecule has 1 spiro atoms. The molecular formula is C22H23NO6. The van der Waals surface area contributed by atoms with E-state index >= 15 is 0 Å². The summed E-state index contributed by atoms with van der Waals surface area (Å²) in [5, 5.41) is 11.8. The minimum atomic E-state index is -0.742. The molecule has 3 aliphatic carbocycles. The summed E-state index contributed by atoms with van der Waals surface area (Å²) < 4.78 is 11.5. The maximum atomic E-state index is 12.9. The van der Waals surface area contributed by atoms with Crippen molar-refractivity contribution in [3.05, 3.63) is 34.9 Å². The number of allylic oxidation sites excluding steroid dienone is 1. The van der Waals surface area contributed by atoms with Crippen LogP contribution in [0.2, 0.25) is 0 Å². The number of amides is 1. The Morgan fingerprint density at radius 2 is 2.21 bits per heavy atom. The molecule has 0 aromatic heterocycles. The van der Waals surface area contributed by atoms with Gasteiger partial charge in [0.1, 0.15) is 12.2 Å². The lowest BCUT2D eigenvalue weighted by Crippen LogP contribution is -2.73. The van der Waals surface area contributed by atoms with E-state index in [2.05, 4.69) is 6.92 Å². The topological polar surface area (TPSA) is 85.3 Å². The summed E-state index contributed by atoms with van der Waals surface area (Å²) in [5.74, 6) is 0.589. The fourth-order valence-corrected chi connectivity index (χ4v) is 6.11. The summed E-state index contributed by atoms with van der Waals surface area (Å²) in [6.07, 6.45) is 3.90. The fourth-order valence-electron chi connectivity index (χ4n) is 6.11. The molecule has 0 radical (unpaired) electrons. The maximum Gasteiger partial charge on any atom is 0.434 e. The lowest BCUT2D eigenvalue weighted by Gasteiger charge is -2.61. The Morgan fingerprint density at radius 3 is 3.00 bits per heavy atom. The molecule has 0 bridgehead atoms. The van der Waals surface area contributed by atoms with Crippen LogP contribution in [-0.4, -0.2) is 46.9 Å². The predicted molar refractivity (Wildman–Crippen MR) is 100 cm³/mol. The highest BCUT2D eigenvalue weighted by molar-refractivity contribution is 5.90. The molecule has 1 amide bonds. The lowest BCUT2D eigenvalue weighted by molar-refractivity contribution is -0.313. The zero-order valence-corrected chi connectivity index (χ0v) is 16.3. The van der Waals surface area contributed by atoms with Crippen molar-refractivity contribution in [2.75, 3.05) is 13.2 Å². The monoisotopic (exact) mass is 397 g/mol. The predicted octanol–water partition coefficient (Wildman–Crippen LogP) is 2.79. The molecule has 2 fully saturated rings. The number of aromatic hydroxyl groups is 1. The van der Waals surface area contributed by atoms with Gasteiger partial charge in [0, 0.05) is 12.0 Å². The van der Waals surface area contributed by atoms with Gasteiger partial charge < -0.3 is 14.6 Å². The zero-order chi connectivity index (χ0) is 20.0. The van der Waals surface area contributed by atoms with Crippen LogP contribution in [0.3, 0.4) is 0 Å². The number of carbonyl (C=O) groups excluding carboxylic acids is 2. The quantitative estimate of drug-likeness (QED) is 0.773. The Bertz CT molecular complexity index is 986. The third kappa shape index (κ3) is 2.06. The SMILES string of the molecule is C[C@@H]1Cc2ccc(O)c3c2[C@]24CCN(C(=O)OCC5=CC5)OC12CCC(=O)[C@@H]4O3. The molecule has 1 aromatic rings. The smallest absolute Gasteiger partial charge is 0.434 e. The van der Waals surface area contributed by atoms with Crippen LogP contribution in [0.1, 0.15) is 43.7 Å². The van der Waals surface area contributed by atoms with Gasteiger partial charge in [-0.1, -0.05) is 19.1 Å². The summed E-state index contributed by atoms with van der Waals surface area (Å²) in [5.41, 5.74) is 1.70. The number of hydrogen-bond acceptors (Lipinski definition) is 6. The molecule has 5 aliphatic rings. The highest BCUT2D eigenvalue weighted by atomic mass is 16.7. The standard InChI is InChI=1S/C22H23NO6/c1-12-10-14-4-5-15(24)18-17(14)21-8-9-23(20(26)27-11-13-2-3-13)29-22(12,21)7-6-16(25)19(21)28-18/h2,4-5,12,19,24H,3,6-11H2,1H3/t12-,19+,21+,22?/m1/s1. The second-order valence-electron chi connectivity index (χ2n) is 8.94. The second kappa shape index (κ2) is 5.53. The first-order valence-corrected chi connectivity index (χ1v) is 10.3. The van der Waals surface area contributed by atoms with E-state index in [9.17, 15) is 14.7 Å². The van der Waals surface area contributed by atoms with E-state index in [4.69, 9.17) is 14.3 Å². The molecule has 2 heterocycles. The average Bonchev–Trinajstić information content (AvgIpc) is 3.47. The molecule has 7 nitrogen and oxygen atoms in total. The van der Waals surface area contributed by atoms with E-state index in [0.717, 1.165) is 29.5 Å². The number of hydroxylamine groups is 2. The third-order valence-electron chi connectivity index (χ3n) is 7.52. The van der Waals surface area contributed by atoms with Crippen molar-refractivity contribution in [2.45, 2.75) is 56.1 Å². The minimum Gasteiger partial charge on any atom is -0.504 e. The number of rotatable bonds is 2. The van der Waals surface area contributed by atoms with Gasteiger partial charge in [-0.05, 0) is 48.8 Å². The molecule has 152 valence electrons. The molecule has 1 saturated carbocycles. The number of phenols is 1. The summed E-state index contributed by atoms with van der Waals surface area (Å²) in [7, 11) is 0. The van der Waals surface area contributed by atoms with Gasteiger partial charge >= 0.3 is 6.09 Å². The van der Waals surface area contributed by atoms with E-state index in [1.807, 2.05) is 12.1 Å². The second-order valence-corrected chi connectivity index (χ2v) is 8.94. The Hall–Kier alpha value is -2.54. The van der Waals surface area contributed by atoms with Gasteiger partial charge in [0.15, 0.2) is 23.4 Å². The highest BCUT2D eigenvalue weighted by Gasteiger charge is 2.73. The maximum absolute atomic E-state index is 12.9. The van der Waals surface area contributed by atoms with Crippen LogP contribution in [-0.2, 0) is 26.2 Å². The average molecular weight is 397 g/mol. The first kappa shape index (κ1) is 17.3. The van der Waals surface area contributed by atoms with Crippen LogP contribution in [0.15, 0.2) is 23.8 Å². The molecule has 1 unspecified atom stereocenters. The lowest BCUT2D eigenvalue weighted by atomic mass is 9.49. The van der Waals surface area contributed by atoms with Gasteiger partial charge in [-0.15, -0.1) is 0 Å². The van der Waals surface area contributed by atoms with Crippen LogP contribution in [0, 0.1) is 5.92 Å². The number of phenolic OH excluding ortho intramolecular Hbond substituents is 1. The van der Waals surface area contributed by atoms with Crippen LogP contribution < -0.4 is 4.74 Å². The normalized spacial score (nSPS) is 36.0.